The first kappa shape index (κ1) is 28.3. The van der Waals surface area contributed by atoms with Gasteiger partial charge in [0.05, 0.1) is 17.9 Å². The van der Waals surface area contributed by atoms with Gasteiger partial charge in [-0.05, 0) is 42.7 Å². The lowest BCUT2D eigenvalue weighted by atomic mass is 9.92. The van der Waals surface area contributed by atoms with E-state index < -0.39 is 15.9 Å². The maximum atomic E-state index is 13.2. The molecule has 0 fully saturated rings. The summed E-state index contributed by atoms with van der Waals surface area (Å²) in [6, 6.07) is 18.8. The molecule has 9 heteroatoms. The zero-order valence-corrected chi connectivity index (χ0v) is 23.0. The number of hydrogen-bond acceptors (Lipinski definition) is 5. The van der Waals surface area contributed by atoms with Crippen LogP contribution >= 0.6 is 0 Å². The third-order valence-corrected chi connectivity index (χ3v) is 7.17. The molecule has 0 atom stereocenters. The van der Waals surface area contributed by atoms with E-state index in [1.165, 1.54) is 10.4 Å². The van der Waals surface area contributed by atoms with Crippen LogP contribution in [0.1, 0.15) is 44.0 Å². The summed E-state index contributed by atoms with van der Waals surface area (Å²) < 4.78 is 34.2. The van der Waals surface area contributed by atoms with E-state index in [0.29, 0.717) is 18.8 Å². The SMILES string of the molecule is COCCCN(CC(=O)Nc1cc(C(C)(C)C)nn1-c1cccc(C)c1)S(=O)(=O)/C=C/c1ccccc1. The van der Waals surface area contributed by atoms with Crippen molar-refractivity contribution in [1.82, 2.24) is 14.1 Å². The predicted molar refractivity (Wildman–Crippen MR) is 148 cm³/mol. The number of aryl methyl sites for hydroxylation is 1. The van der Waals surface area contributed by atoms with Crippen molar-refractivity contribution in [2.75, 3.05) is 32.1 Å². The predicted octanol–water partition coefficient (Wildman–Crippen LogP) is 4.76. The summed E-state index contributed by atoms with van der Waals surface area (Å²) in [5, 5.41) is 8.76. The summed E-state index contributed by atoms with van der Waals surface area (Å²) in [6.07, 6.45) is 1.98. The van der Waals surface area contributed by atoms with Gasteiger partial charge in [0.15, 0.2) is 0 Å². The summed E-state index contributed by atoms with van der Waals surface area (Å²) in [5.41, 5.74) is 3.18. The van der Waals surface area contributed by atoms with Gasteiger partial charge in [0.2, 0.25) is 15.9 Å². The first-order valence-electron chi connectivity index (χ1n) is 12.2. The molecule has 1 aromatic heterocycles. The Labute approximate surface area is 220 Å². The third kappa shape index (κ3) is 8.11. The van der Waals surface area contributed by atoms with Gasteiger partial charge in [-0.2, -0.15) is 9.40 Å². The molecule has 1 N–H and O–H groups in total. The highest BCUT2D eigenvalue weighted by atomic mass is 32.2. The number of rotatable bonds is 11. The normalized spacial score (nSPS) is 12.4. The molecule has 0 aliphatic carbocycles. The highest BCUT2D eigenvalue weighted by molar-refractivity contribution is 7.92. The highest BCUT2D eigenvalue weighted by Crippen LogP contribution is 2.26. The van der Waals surface area contributed by atoms with Gasteiger partial charge in [-0.15, -0.1) is 0 Å². The fraction of sp³-hybridized carbons (Fsp3) is 0.357. The molecule has 0 bridgehead atoms. The van der Waals surface area contributed by atoms with Crippen molar-refractivity contribution >= 4 is 27.8 Å². The second kappa shape index (κ2) is 12.3. The summed E-state index contributed by atoms with van der Waals surface area (Å²) in [7, 11) is -2.30. The molecule has 0 saturated carbocycles. The average Bonchev–Trinajstić information content (AvgIpc) is 3.27. The molecule has 0 radical (unpaired) electrons. The Bertz CT molecular complexity index is 1330. The number of benzene rings is 2. The van der Waals surface area contributed by atoms with E-state index in [4.69, 9.17) is 9.84 Å². The van der Waals surface area contributed by atoms with Crippen LogP contribution < -0.4 is 5.32 Å². The monoisotopic (exact) mass is 524 g/mol. The summed E-state index contributed by atoms with van der Waals surface area (Å²) >= 11 is 0. The molecule has 0 unspecified atom stereocenters. The molecule has 2 aromatic carbocycles. The van der Waals surface area contributed by atoms with Gasteiger partial charge < -0.3 is 10.1 Å². The van der Waals surface area contributed by atoms with Crippen LogP contribution in [0.5, 0.6) is 0 Å². The van der Waals surface area contributed by atoms with Gasteiger partial charge >= 0.3 is 0 Å². The van der Waals surface area contributed by atoms with Crippen molar-refractivity contribution in [3.63, 3.8) is 0 Å². The minimum Gasteiger partial charge on any atom is -0.385 e. The molecule has 0 spiro atoms. The van der Waals surface area contributed by atoms with Crippen LogP contribution in [0.3, 0.4) is 0 Å². The Morgan fingerprint density at radius 3 is 2.49 bits per heavy atom. The quantitative estimate of drug-likeness (QED) is 0.365. The van der Waals surface area contributed by atoms with Crippen molar-refractivity contribution in [2.45, 2.75) is 39.5 Å². The molecule has 37 heavy (non-hydrogen) atoms. The van der Waals surface area contributed by atoms with Crippen LogP contribution in [0.15, 0.2) is 66.1 Å². The van der Waals surface area contributed by atoms with Gasteiger partial charge in [-0.1, -0.05) is 63.2 Å². The minimum atomic E-state index is -3.86. The Morgan fingerprint density at radius 1 is 1.11 bits per heavy atom. The average molecular weight is 525 g/mol. The number of nitrogens with one attached hydrogen (secondary N) is 1. The molecule has 0 saturated heterocycles. The topological polar surface area (TPSA) is 93.5 Å². The Morgan fingerprint density at radius 2 is 1.84 bits per heavy atom. The standard InChI is InChI=1S/C28H36N4O4S/c1-22-11-9-14-24(19-22)32-26(20-25(30-32)28(2,3)4)29-27(33)21-31(16-10-17-36-5)37(34,35)18-15-23-12-7-6-8-13-23/h6-9,11-15,18-20H,10,16-17,21H2,1-5H3,(H,29,33)/b18-15+. The van der Waals surface area contributed by atoms with E-state index in [2.05, 4.69) is 5.32 Å². The number of hydrogen-bond donors (Lipinski definition) is 1. The number of carbonyl (C=O) groups is 1. The van der Waals surface area contributed by atoms with Crippen molar-refractivity contribution < 1.29 is 17.9 Å². The van der Waals surface area contributed by atoms with Crippen molar-refractivity contribution in [3.8, 4) is 5.69 Å². The number of methoxy groups -OCH3 is 1. The fourth-order valence-electron chi connectivity index (χ4n) is 3.63. The minimum absolute atomic E-state index is 0.146. The molecule has 198 valence electrons. The van der Waals surface area contributed by atoms with Crippen LogP contribution in [-0.4, -0.2) is 55.2 Å². The Kier molecular flexibility index (Phi) is 9.42. The van der Waals surface area contributed by atoms with Gasteiger partial charge in [-0.25, -0.2) is 13.1 Å². The van der Waals surface area contributed by atoms with Crippen LogP contribution in [0, 0.1) is 6.92 Å². The van der Waals surface area contributed by atoms with Crippen molar-refractivity contribution in [2.24, 2.45) is 0 Å². The number of anilines is 1. The van der Waals surface area contributed by atoms with E-state index in [9.17, 15) is 13.2 Å². The molecular formula is C28H36N4O4S. The fourth-order valence-corrected chi connectivity index (χ4v) is 4.81. The zero-order valence-electron chi connectivity index (χ0n) is 22.1. The number of carbonyl (C=O) groups excluding carboxylic acids is 1. The second-order valence-electron chi connectivity index (χ2n) is 9.90. The largest absolute Gasteiger partial charge is 0.385 e. The smallest absolute Gasteiger partial charge is 0.240 e. The van der Waals surface area contributed by atoms with Crippen LogP contribution in [-0.2, 0) is 25.0 Å². The van der Waals surface area contributed by atoms with Gasteiger partial charge in [0, 0.05) is 37.2 Å². The first-order valence-corrected chi connectivity index (χ1v) is 13.7. The number of sulfonamides is 1. The first-order chi connectivity index (χ1) is 17.5. The van der Waals surface area contributed by atoms with Crippen molar-refractivity contribution in [1.29, 1.82) is 0 Å². The maximum Gasteiger partial charge on any atom is 0.240 e. The van der Waals surface area contributed by atoms with Crippen LogP contribution in [0.2, 0.25) is 0 Å². The maximum absolute atomic E-state index is 13.2. The number of amides is 1. The van der Waals surface area contributed by atoms with E-state index in [0.717, 1.165) is 27.9 Å². The van der Waals surface area contributed by atoms with Gasteiger partial charge in [0.1, 0.15) is 5.82 Å². The number of nitrogens with zero attached hydrogens (tertiary/aromatic N) is 3. The van der Waals surface area contributed by atoms with E-state index in [1.807, 2.05) is 88.4 Å². The van der Waals surface area contributed by atoms with E-state index in [-0.39, 0.29) is 18.5 Å². The lowest BCUT2D eigenvalue weighted by Crippen LogP contribution is -2.38. The third-order valence-electron chi connectivity index (χ3n) is 5.66. The van der Waals surface area contributed by atoms with Crippen LogP contribution in [0.25, 0.3) is 11.8 Å². The molecule has 1 heterocycles. The van der Waals surface area contributed by atoms with Crippen LogP contribution in [0.4, 0.5) is 5.82 Å². The zero-order chi connectivity index (χ0) is 27.1. The number of aromatic nitrogens is 2. The summed E-state index contributed by atoms with van der Waals surface area (Å²) in [5.74, 6) is 0.0259. The van der Waals surface area contributed by atoms with E-state index in [1.54, 1.807) is 11.8 Å². The Hall–Kier alpha value is -3.27. The molecule has 3 rings (SSSR count). The van der Waals surface area contributed by atoms with E-state index >= 15 is 0 Å². The lowest BCUT2D eigenvalue weighted by molar-refractivity contribution is -0.116. The number of ether oxygens (including phenoxy) is 1. The molecular weight excluding hydrogens is 488 g/mol. The molecule has 8 nitrogen and oxygen atoms in total. The lowest BCUT2D eigenvalue weighted by Gasteiger charge is -2.20. The van der Waals surface area contributed by atoms with Crippen molar-refractivity contribution in [3.05, 3.63) is 82.9 Å². The Balaban J connectivity index is 1.86. The van der Waals surface area contributed by atoms with Gasteiger partial charge in [0.25, 0.3) is 0 Å². The second-order valence-corrected chi connectivity index (χ2v) is 11.7. The molecule has 1 amide bonds. The molecule has 3 aromatic rings. The highest BCUT2D eigenvalue weighted by Gasteiger charge is 2.25. The molecule has 0 aliphatic rings. The molecule has 0 aliphatic heterocycles. The summed E-state index contributed by atoms with van der Waals surface area (Å²) in [4.78, 5) is 13.2. The van der Waals surface area contributed by atoms with Gasteiger partial charge in [-0.3, -0.25) is 4.79 Å². The summed E-state index contributed by atoms with van der Waals surface area (Å²) in [6.45, 7) is 8.31.